The molecule has 0 spiro atoms. The molecule has 0 saturated heterocycles. The summed E-state index contributed by atoms with van der Waals surface area (Å²) in [6.45, 7) is 8.70. The van der Waals surface area contributed by atoms with Crippen LogP contribution in [-0.4, -0.2) is 0 Å². The summed E-state index contributed by atoms with van der Waals surface area (Å²) in [6.07, 6.45) is 11.1. The minimum Gasteiger partial charge on any atom is -0.319 e. The average molecular weight is 292 g/mol. The maximum absolute atomic E-state index is 2.31. The second kappa shape index (κ2) is 5.88. The van der Waals surface area contributed by atoms with E-state index in [1.165, 1.54) is 34.2 Å². The first-order chi connectivity index (χ1) is 10.6. The Labute approximate surface area is 133 Å². The van der Waals surface area contributed by atoms with Gasteiger partial charge in [0, 0.05) is 34.2 Å². The summed E-state index contributed by atoms with van der Waals surface area (Å²) in [6, 6.07) is 8.85. The first-order valence-corrected chi connectivity index (χ1v) is 7.95. The average Bonchev–Trinajstić information content (AvgIpc) is 2.48. The summed E-state index contributed by atoms with van der Waals surface area (Å²) >= 11 is 0. The van der Waals surface area contributed by atoms with Gasteiger partial charge in [-0.25, -0.2) is 0 Å². The first kappa shape index (κ1) is 14.7. The topological polar surface area (TPSA) is 6.48 Å². The van der Waals surface area contributed by atoms with Crippen LogP contribution < -0.4 is 9.80 Å². The summed E-state index contributed by atoms with van der Waals surface area (Å²) in [5.41, 5.74) is 7.67. The number of anilines is 2. The van der Waals surface area contributed by atoms with Crippen molar-refractivity contribution in [3.63, 3.8) is 0 Å². The van der Waals surface area contributed by atoms with E-state index in [1.54, 1.807) is 0 Å². The molecule has 1 aromatic rings. The molecule has 2 aliphatic rings. The molecule has 2 heteroatoms. The fourth-order valence-corrected chi connectivity index (χ4v) is 3.29. The molecular weight excluding hydrogens is 268 g/mol. The molecular formula is C20H24N2. The second-order valence-corrected chi connectivity index (χ2v) is 6.04. The van der Waals surface area contributed by atoms with Crippen molar-refractivity contribution in [1.82, 2.24) is 0 Å². The summed E-state index contributed by atoms with van der Waals surface area (Å²) in [5, 5.41) is 0. The third kappa shape index (κ3) is 2.61. The lowest BCUT2D eigenvalue weighted by atomic mass is 10.1. The highest BCUT2D eigenvalue weighted by Crippen LogP contribution is 2.32. The Hall–Kier alpha value is -2.22. The quantitative estimate of drug-likeness (QED) is 0.687. The molecule has 0 fully saturated rings. The van der Waals surface area contributed by atoms with Crippen LogP contribution in [0.1, 0.15) is 40.5 Å². The van der Waals surface area contributed by atoms with E-state index in [4.69, 9.17) is 0 Å². The standard InChI is InChI=1S/C20H24N2/c1-15-7-5-8-16(2)21(15)19-11-13-20(14-12-19)22-17(3)9-6-10-18(22)4/h7-14H,5-6H2,1-4H3. The van der Waals surface area contributed by atoms with Gasteiger partial charge in [-0.3, -0.25) is 0 Å². The van der Waals surface area contributed by atoms with E-state index >= 15 is 0 Å². The molecule has 0 saturated carbocycles. The molecule has 0 unspecified atom stereocenters. The van der Waals surface area contributed by atoms with Crippen LogP contribution in [0.4, 0.5) is 11.4 Å². The van der Waals surface area contributed by atoms with Gasteiger partial charge in [0.15, 0.2) is 0 Å². The highest BCUT2D eigenvalue weighted by molar-refractivity contribution is 5.66. The number of rotatable bonds is 2. The van der Waals surface area contributed by atoms with E-state index < -0.39 is 0 Å². The number of hydrogen-bond donors (Lipinski definition) is 0. The van der Waals surface area contributed by atoms with Gasteiger partial charge >= 0.3 is 0 Å². The molecule has 0 radical (unpaired) electrons. The molecule has 2 nitrogen and oxygen atoms in total. The third-order valence-electron chi connectivity index (χ3n) is 4.43. The van der Waals surface area contributed by atoms with Crippen LogP contribution in [0.2, 0.25) is 0 Å². The lowest BCUT2D eigenvalue weighted by molar-refractivity contribution is 0.989. The predicted octanol–water partition coefficient (Wildman–Crippen LogP) is 5.72. The Morgan fingerprint density at radius 3 is 1.09 bits per heavy atom. The second-order valence-electron chi connectivity index (χ2n) is 6.04. The lowest BCUT2D eigenvalue weighted by Crippen LogP contribution is -2.22. The number of nitrogens with zero attached hydrogens (tertiary/aromatic N) is 2. The Morgan fingerprint density at radius 1 is 0.545 bits per heavy atom. The third-order valence-corrected chi connectivity index (χ3v) is 4.43. The number of allylic oxidation sites excluding steroid dienone is 8. The van der Waals surface area contributed by atoms with Crippen LogP contribution in [0.3, 0.4) is 0 Å². The minimum absolute atomic E-state index is 1.04. The van der Waals surface area contributed by atoms with Crippen LogP contribution in [0.15, 0.2) is 71.4 Å². The zero-order valence-electron chi connectivity index (χ0n) is 13.9. The van der Waals surface area contributed by atoms with Crippen molar-refractivity contribution >= 4 is 11.4 Å². The van der Waals surface area contributed by atoms with Gasteiger partial charge in [-0.15, -0.1) is 0 Å². The van der Waals surface area contributed by atoms with Crippen molar-refractivity contribution < 1.29 is 0 Å². The number of hydrogen-bond acceptors (Lipinski definition) is 2. The minimum atomic E-state index is 1.04. The van der Waals surface area contributed by atoms with E-state index in [1.807, 2.05) is 0 Å². The normalized spacial score (nSPS) is 18.5. The van der Waals surface area contributed by atoms with Crippen LogP contribution in [0, 0.1) is 0 Å². The molecule has 0 atom stereocenters. The molecule has 2 aliphatic heterocycles. The van der Waals surface area contributed by atoms with Crippen molar-refractivity contribution in [2.24, 2.45) is 0 Å². The fourth-order valence-electron chi connectivity index (χ4n) is 3.29. The molecule has 0 N–H and O–H groups in total. The van der Waals surface area contributed by atoms with Crippen LogP contribution in [0.25, 0.3) is 0 Å². The predicted molar refractivity (Wildman–Crippen MR) is 95.7 cm³/mol. The molecule has 0 bridgehead atoms. The van der Waals surface area contributed by atoms with E-state index in [0.29, 0.717) is 0 Å². The summed E-state index contributed by atoms with van der Waals surface area (Å²) < 4.78 is 0. The maximum atomic E-state index is 2.31. The molecule has 114 valence electrons. The Bertz CT molecular complexity index is 590. The monoisotopic (exact) mass is 292 g/mol. The van der Waals surface area contributed by atoms with E-state index in [2.05, 4.69) is 86.1 Å². The summed E-state index contributed by atoms with van der Waals surface area (Å²) in [7, 11) is 0. The lowest BCUT2D eigenvalue weighted by Gasteiger charge is -2.31. The zero-order chi connectivity index (χ0) is 15.7. The van der Waals surface area contributed by atoms with Crippen molar-refractivity contribution in [3.05, 3.63) is 71.4 Å². The van der Waals surface area contributed by atoms with Gasteiger partial charge in [-0.05, 0) is 64.8 Å². The van der Waals surface area contributed by atoms with Gasteiger partial charge < -0.3 is 9.80 Å². The zero-order valence-corrected chi connectivity index (χ0v) is 13.9. The van der Waals surface area contributed by atoms with Gasteiger partial charge in [-0.2, -0.15) is 0 Å². The Kier molecular flexibility index (Phi) is 3.93. The Morgan fingerprint density at radius 2 is 0.818 bits per heavy atom. The maximum Gasteiger partial charge on any atom is 0.0456 e. The van der Waals surface area contributed by atoms with Crippen LogP contribution in [0.5, 0.6) is 0 Å². The van der Waals surface area contributed by atoms with E-state index in [-0.39, 0.29) is 0 Å². The highest BCUT2D eigenvalue weighted by Gasteiger charge is 2.16. The van der Waals surface area contributed by atoms with Gasteiger partial charge in [0.25, 0.3) is 0 Å². The van der Waals surface area contributed by atoms with Crippen LogP contribution >= 0.6 is 0 Å². The van der Waals surface area contributed by atoms with Gasteiger partial charge in [0.1, 0.15) is 0 Å². The van der Waals surface area contributed by atoms with Crippen molar-refractivity contribution in [3.8, 4) is 0 Å². The van der Waals surface area contributed by atoms with Gasteiger partial charge in [-0.1, -0.05) is 24.3 Å². The fraction of sp³-hybridized carbons (Fsp3) is 0.300. The molecule has 3 rings (SSSR count). The number of benzene rings is 1. The molecule has 0 aliphatic carbocycles. The largest absolute Gasteiger partial charge is 0.319 e. The van der Waals surface area contributed by atoms with Crippen molar-refractivity contribution in [1.29, 1.82) is 0 Å². The molecule has 0 amide bonds. The van der Waals surface area contributed by atoms with E-state index in [0.717, 1.165) is 12.8 Å². The SMILES string of the molecule is CC1=CCC=C(C)N1c1ccc(N2C(C)=CCC=C2C)cc1. The summed E-state index contributed by atoms with van der Waals surface area (Å²) in [4.78, 5) is 4.63. The van der Waals surface area contributed by atoms with Crippen molar-refractivity contribution in [2.75, 3.05) is 9.80 Å². The Balaban J connectivity index is 1.90. The first-order valence-electron chi connectivity index (χ1n) is 7.95. The molecule has 1 aromatic carbocycles. The molecule has 22 heavy (non-hydrogen) atoms. The molecule has 2 heterocycles. The van der Waals surface area contributed by atoms with Gasteiger partial charge in [0.05, 0.1) is 0 Å². The van der Waals surface area contributed by atoms with Crippen molar-refractivity contribution in [2.45, 2.75) is 40.5 Å². The highest BCUT2D eigenvalue weighted by atomic mass is 15.2. The van der Waals surface area contributed by atoms with E-state index in [9.17, 15) is 0 Å². The summed E-state index contributed by atoms with van der Waals surface area (Å²) in [5.74, 6) is 0. The van der Waals surface area contributed by atoms with Crippen LogP contribution in [-0.2, 0) is 0 Å². The molecule has 0 aromatic heterocycles. The smallest absolute Gasteiger partial charge is 0.0456 e. The van der Waals surface area contributed by atoms with Gasteiger partial charge in [0.2, 0.25) is 0 Å².